The summed E-state index contributed by atoms with van der Waals surface area (Å²) in [5, 5.41) is 2.44. The van der Waals surface area contributed by atoms with Crippen LogP contribution >= 0.6 is 15.9 Å². The first-order valence-electron chi connectivity index (χ1n) is 5.78. The first-order chi connectivity index (χ1) is 9.54. The zero-order valence-corrected chi connectivity index (χ0v) is 12.0. The number of benzene rings is 2. The maximum absolute atomic E-state index is 13.5. The molecule has 104 valence electrons. The Balaban J connectivity index is 1.94. The third-order valence-corrected chi connectivity index (χ3v) is 2.92. The lowest BCUT2D eigenvalue weighted by atomic mass is 10.3. The lowest BCUT2D eigenvalue weighted by Crippen LogP contribution is -2.20. The van der Waals surface area contributed by atoms with Crippen molar-refractivity contribution in [3.8, 4) is 5.75 Å². The Labute approximate surface area is 123 Å². The minimum Gasteiger partial charge on any atom is -0.484 e. The van der Waals surface area contributed by atoms with Gasteiger partial charge in [-0.2, -0.15) is 0 Å². The highest BCUT2D eigenvalue weighted by molar-refractivity contribution is 9.10. The van der Waals surface area contributed by atoms with Gasteiger partial charge in [-0.05, 0) is 30.3 Å². The molecule has 0 atom stereocenters. The van der Waals surface area contributed by atoms with Crippen LogP contribution in [0.1, 0.15) is 0 Å². The Kier molecular flexibility index (Phi) is 4.57. The molecule has 3 N–H and O–H groups in total. The smallest absolute Gasteiger partial charge is 0.262 e. The van der Waals surface area contributed by atoms with E-state index in [1.54, 1.807) is 30.3 Å². The molecule has 6 heteroatoms. The highest BCUT2D eigenvalue weighted by atomic mass is 79.9. The minimum absolute atomic E-state index is 0.0977. The molecule has 2 aromatic carbocycles. The summed E-state index contributed by atoms with van der Waals surface area (Å²) in [6.45, 7) is -0.227. The molecular formula is C14H12BrFN2O2. The predicted molar refractivity (Wildman–Crippen MR) is 79.1 cm³/mol. The summed E-state index contributed by atoms with van der Waals surface area (Å²) in [6.07, 6.45) is 0. The van der Waals surface area contributed by atoms with Crippen molar-refractivity contribution in [3.63, 3.8) is 0 Å². The number of carbonyl (C=O) groups is 1. The van der Waals surface area contributed by atoms with Crippen LogP contribution in [-0.2, 0) is 4.79 Å². The highest BCUT2D eigenvalue weighted by Gasteiger charge is 2.08. The fourth-order valence-corrected chi connectivity index (χ4v) is 1.89. The van der Waals surface area contributed by atoms with E-state index in [2.05, 4.69) is 21.2 Å². The molecule has 0 saturated heterocycles. The number of nitrogens with two attached hydrogens (primary N) is 1. The van der Waals surface area contributed by atoms with E-state index in [1.165, 1.54) is 12.1 Å². The lowest BCUT2D eigenvalue weighted by molar-refractivity contribution is -0.118. The van der Waals surface area contributed by atoms with Gasteiger partial charge in [0.15, 0.2) is 6.61 Å². The van der Waals surface area contributed by atoms with E-state index in [-0.39, 0.29) is 12.3 Å². The molecule has 0 bridgehead atoms. The van der Waals surface area contributed by atoms with Crippen LogP contribution in [0.5, 0.6) is 5.75 Å². The number of hydrogen-bond donors (Lipinski definition) is 2. The van der Waals surface area contributed by atoms with Gasteiger partial charge in [0.2, 0.25) is 0 Å². The highest BCUT2D eigenvalue weighted by Crippen LogP contribution is 2.20. The van der Waals surface area contributed by atoms with E-state index in [9.17, 15) is 9.18 Å². The molecule has 0 aliphatic rings. The standard InChI is InChI=1S/C14H12BrFN2O2/c15-9-4-5-12(16)13(6-9)18-14(19)8-20-11-3-1-2-10(17)7-11/h1-7H,8,17H2,(H,18,19). The number of nitrogens with one attached hydrogen (secondary N) is 1. The minimum atomic E-state index is -0.509. The van der Waals surface area contributed by atoms with Crippen LogP contribution in [0.4, 0.5) is 15.8 Å². The molecule has 1 amide bonds. The molecule has 0 aliphatic carbocycles. The topological polar surface area (TPSA) is 64.3 Å². The van der Waals surface area contributed by atoms with E-state index in [0.717, 1.165) is 0 Å². The molecule has 0 aromatic heterocycles. The van der Waals surface area contributed by atoms with Crippen LogP contribution in [0, 0.1) is 5.82 Å². The van der Waals surface area contributed by atoms with Gasteiger partial charge >= 0.3 is 0 Å². The summed E-state index contributed by atoms with van der Waals surface area (Å²) in [5.41, 5.74) is 6.23. The Morgan fingerprint density at radius 1 is 1.30 bits per heavy atom. The van der Waals surface area contributed by atoms with Gasteiger partial charge in [-0.15, -0.1) is 0 Å². The van der Waals surface area contributed by atoms with E-state index in [1.807, 2.05) is 0 Å². The molecule has 4 nitrogen and oxygen atoms in total. The zero-order chi connectivity index (χ0) is 14.5. The Bertz CT molecular complexity index is 634. The molecule has 0 heterocycles. The van der Waals surface area contributed by atoms with Crippen LogP contribution < -0.4 is 15.8 Å². The van der Waals surface area contributed by atoms with Crippen molar-refractivity contribution in [1.82, 2.24) is 0 Å². The summed E-state index contributed by atoms with van der Waals surface area (Å²) < 4.78 is 19.4. The fraction of sp³-hybridized carbons (Fsp3) is 0.0714. The molecule has 0 fully saturated rings. The number of halogens is 2. The second kappa shape index (κ2) is 6.38. The third-order valence-electron chi connectivity index (χ3n) is 2.43. The number of rotatable bonds is 4. The van der Waals surface area contributed by atoms with E-state index < -0.39 is 11.7 Å². The monoisotopic (exact) mass is 338 g/mol. The second-order valence-corrected chi connectivity index (χ2v) is 4.95. The van der Waals surface area contributed by atoms with Crippen LogP contribution in [0.15, 0.2) is 46.9 Å². The molecule has 0 unspecified atom stereocenters. The van der Waals surface area contributed by atoms with Crippen molar-refractivity contribution >= 4 is 33.2 Å². The molecule has 2 rings (SSSR count). The number of amides is 1. The fourth-order valence-electron chi connectivity index (χ4n) is 1.53. The van der Waals surface area contributed by atoms with E-state index in [0.29, 0.717) is 15.9 Å². The Hall–Kier alpha value is -2.08. The van der Waals surface area contributed by atoms with Crippen molar-refractivity contribution < 1.29 is 13.9 Å². The number of nitrogen functional groups attached to an aromatic ring is 1. The Morgan fingerprint density at radius 3 is 2.85 bits per heavy atom. The van der Waals surface area contributed by atoms with E-state index >= 15 is 0 Å². The summed E-state index contributed by atoms with van der Waals surface area (Å²) >= 11 is 3.21. The van der Waals surface area contributed by atoms with Crippen LogP contribution in [0.25, 0.3) is 0 Å². The summed E-state index contributed by atoms with van der Waals surface area (Å²) in [5.74, 6) is -0.482. The number of anilines is 2. The van der Waals surface area contributed by atoms with Gasteiger partial charge in [0, 0.05) is 16.2 Å². The Morgan fingerprint density at radius 2 is 2.10 bits per heavy atom. The van der Waals surface area contributed by atoms with Crippen molar-refractivity contribution in [3.05, 3.63) is 52.8 Å². The summed E-state index contributed by atoms with van der Waals surface area (Å²) in [6, 6.07) is 11.0. The molecule has 0 radical (unpaired) electrons. The zero-order valence-electron chi connectivity index (χ0n) is 10.4. The van der Waals surface area contributed by atoms with Gasteiger partial charge in [-0.1, -0.05) is 22.0 Å². The first-order valence-corrected chi connectivity index (χ1v) is 6.57. The van der Waals surface area contributed by atoms with Crippen molar-refractivity contribution in [1.29, 1.82) is 0 Å². The number of hydrogen-bond acceptors (Lipinski definition) is 3. The SMILES string of the molecule is Nc1cccc(OCC(=O)Nc2cc(Br)ccc2F)c1. The first kappa shape index (κ1) is 14.3. The normalized spacial score (nSPS) is 10.1. The number of ether oxygens (including phenoxy) is 1. The van der Waals surface area contributed by atoms with Gasteiger partial charge in [-0.3, -0.25) is 4.79 Å². The molecule has 0 spiro atoms. The summed E-state index contributed by atoms with van der Waals surface area (Å²) in [4.78, 5) is 11.7. The maximum Gasteiger partial charge on any atom is 0.262 e. The van der Waals surface area contributed by atoms with E-state index in [4.69, 9.17) is 10.5 Å². The molecule has 20 heavy (non-hydrogen) atoms. The molecule has 2 aromatic rings. The predicted octanol–water partition coefficient (Wildman–Crippen LogP) is 3.19. The van der Waals surface area contributed by atoms with Crippen LogP contribution in [0.2, 0.25) is 0 Å². The van der Waals surface area contributed by atoms with Gasteiger partial charge < -0.3 is 15.8 Å². The molecular weight excluding hydrogens is 327 g/mol. The lowest BCUT2D eigenvalue weighted by Gasteiger charge is -2.09. The average Bonchev–Trinajstić information content (AvgIpc) is 2.41. The molecule has 0 aliphatic heterocycles. The average molecular weight is 339 g/mol. The van der Waals surface area contributed by atoms with Gasteiger partial charge in [0.25, 0.3) is 5.91 Å². The summed E-state index contributed by atoms with van der Waals surface area (Å²) in [7, 11) is 0. The van der Waals surface area contributed by atoms with Crippen LogP contribution in [0.3, 0.4) is 0 Å². The van der Waals surface area contributed by atoms with Gasteiger partial charge in [0.05, 0.1) is 5.69 Å². The number of carbonyl (C=O) groups excluding carboxylic acids is 1. The van der Waals surface area contributed by atoms with Crippen molar-refractivity contribution in [2.45, 2.75) is 0 Å². The second-order valence-electron chi connectivity index (χ2n) is 4.03. The molecule has 0 saturated carbocycles. The third kappa shape index (κ3) is 3.96. The van der Waals surface area contributed by atoms with Crippen molar-refractivity contribution in [2.24, 2.45) is 0 Å². The van der Waals surface area contributed by atoms with Gasteiger partial charge in [0.1, 0.15) is 11.6 Å². The maximum atomic E-state index is 13.5. The van der Waals surface area contributed by atoms with Crippen molar-refractivity contribution in [2.75, 3.05) is 17.7 Å². The van der Waals surface area contributed by atoms with Gasteiger partial charge in [-0.25, -0.2) is 4.39 Å². The largest absolute Gasteiger partial charge is 0.484 e. The van der Waals surface area contributed by atoms with Crippen LogP contribution in [-0.4, -0.2) is 12.5 Å². The quantitative estimate of drug-likeness (QED) is 0.841.